The Morgan fingerprint density at radius 1 is 1.08 bits per heavy atom. The monoisotopic (exact) mass is 356 g/mol. The van der Waals surface area contributed by atoms with Crippen LogP contribution in [0.5, 0.6) is 5.88 Å². The smallest absolute Gasteiger partial charge is 0.262 e. The molecule has 0 N–H and O–H groups in total. The third-order valence-electron chi connectivity index (χ3n) is 6.31. The minimum absolute atomic E-state index is 0.651. The summed E-state index contributed by atoms with van der Waals surface area (Å²) in [5.74, 6) is 2.41. The molecule has 0 atom stereocenters. The van der Waals surface area contributed by atoms with Gasteiger partial charge >= 0.3 is 0 Å². The molecule has 0 radical (unpaired) electrons. The van der Waals surface area contributed by atoms with E-state index in [1.807, 2.05) is 12.1 Å². The third kappa shape index (κ3) is 4.40. The average Bonchev–Trinajstić information content (AvgIpc) is 3.06. The number of likely N-dealkylation sites (tertiary alicyclic amines) is 1. The Morgan fingerprint density at radius 3 is 2.69 bits per heavy atom. The molecule has 0 bridgehead atoms. The summed E-state index contributed by atoms with van der Waals surface area (Å²) in [4.78, 5) is 2.71. The lowest BCUT2D eigenvalue weighted by molar-refractivity contribution is 0.133. The first-order chi connectivity index (χ1) is 12.8. The van der Waals surface area contributed by atoms with Crippen LogP contribution in [0.1, 0.15) is 56.9 Å². The Bertz CT molecular complexity index is 697. The van der Waals surface area contributed by atoms with E-state index in [1.165, 1.54) is 70.1 Å². The van der Waals surface area contributed by atoms with Crippen molar-refractivity contribution in [2.75, 3.05) is 26.2 Å². The van der Waals surface area contributed by atoms with Gasteiger partial charge in [0.05, 0.1) is 12.0 Å². The molecule has 1 aliphatic heterocycles. The van der Waals surface area contributed by atoms with E-state index in [-0.39, 0.29) is 0 Å². The number of hydrogen-bond acceptors (Lipinski definition) is 4. The van der Waals surface area contributed by atoms with Gasteiger partial charge in [0, 0.05) is 6.54 Å². The lowest BCUT2D eigenvalue weighted by Crippen LogP contribution is -2.37. The molecule has 0 spiro atoms. The maximum Gasteiger partial charge on any atom is 0.262 e. The molecule has 1 aromatic carbocycles. The number of piperidine rings is 1. The molecule has 1 saturated heterocycles. The zero-order valence-corrected chi connectivity index (χ0v) is 16.1. The van der Waals surface area contributed by atoms with E-state index in [2.05, 4.69) is 23.0 Å². The predicted octanol–water partition coefficient (Wildman–Crippen LogP) is 5.20. The van der Waals surface area contributed by atoms with Gasteiger partial charge in [-0.2, -0.15) is 0 Å². The lowest BCUT2D eigenvalue weighted by atomic mass is 9.87. The van der Waals surface area contributed by atoms with Crippen molar-refractivity contribution in [2.45, 2.75) is 58.3 Å². The van der Waals surface area contributed by atoms with Crippen LogP contribution in [0.25, 0.3) is 11.0 Å². The van der Waals surface area contributed by atoms with E-state index >= 15 is 0 Å². The van der Waals surface area contributed by atoms with Gasteiger partial charge in [-0.1, -0.05) is 30.9 Å². The maximum absolute atomic E-state index is 5.95. The van der Waals surface area contributed by atoms with Gasteiger partial charge in [0.15, 0.2) is 5.58 Å². The van der Waals surface area contributed by atoms with Gasteiger partial charge < -0.3 is 14.2 Å². The summed E-state index contributed by atoms with van der Waals surface area (Å²) in [7, 11) is 0. The fourth-order valence-electron chi connectivity index (χ4n) is 4.65. The molecule has 2 heterocycles. The van der Waals surface area contributed by atoms with Crippen molar-refractivity contribution >= 4 is 11.0 Å². The lowest BCUT2D eigenvalue weighted by Gasteiger charge is -2.35. The first-order valence-corrected chi connectivity index (χ1v) is 10.5. The largest absolute Gasteiger partial charge is 0.475 e. The summed E-state index contributed by atoms with van der Waals surface area (Å²) in [5, 5.41) is 5.08. The van der Waals surface area contributed by atoms with Crippen LogP contribution in [0.4, 0.5) is 0 Å². The first kappa shape index (κ1) is 17.8. The van der Waals surface area contributed by atoms with Crippen molar-refractivity contribution in [1.29, 1.82) is 0 Å². The Balaban J connectivity index is 1.19. The van der Waals surface area contributed by atoms with Crippen molar-refractivity contribution in [3.8, 4) is 5.88 Å². The van der Waals surface area contributed by atoms with Gasteiger partial charge in [-0.05, 0) is 81.2 Å². The second kappa shape index (κ2) is 8.43. The highest BCUT2D eigenvalue weighted by Crippen LogP contribution is 2.28. The van der Waals surface area contributed by atoms with Gasteiger partial charge in [-0.15, -0.1) is 0 Å². The van der Waals surface area contributed by atoms with E-state index in [0.717, 1.165) is 35.8 Å². The molecule has 4 nitrogen and oxygen atoms in total. The Kier molecular flexibility index (Phi) is 5.78. The summed E-state index contributed by atoms with van der Waals surface area (Å²) < 4.78 is 11.3. The summed E-state index contributed by atoms with van der Waals surface area (Å²) in [6.07, 6.45) is 11.0. The quantitative estimate of drug-likeness (QED) is 0.713. The standard InChI is InChI=1S/C22H32N2O2/c1-17-7-8-21-20(15-17)22(23-26-21)25-14-11-18-9-12-24(13-10-18)16-19-5-3-2-4-6-19/h7-8,15,18-19H,2-6,9-14,16H2,1H3. The molecule has 2 aliphatic rings. The molecule has 26 heavy (non-hydrogen) atoms. The number of benzene rings is 1. The van der Waals surface area contributed by atoms with Gasteiger partial charge in [-0.25, -0.2) is 0 Å². The zero-order chi connectivity index (χ0) is 17.8. The number of rotatable bonds is 6. The highest BCUT2D eigenvalue weighted by molar-refractivity contribution is 5.82. The van der Waals surface area contributed by atoms with E-state index in [0.29, 0.717) is 5.88 Å². The molecule has 2 fully saturated rings. The molecule has 4 rings (SSSR count). The molecular weight excluding hydrogens is 324 g/mol. The van der Waals surface area contributed by atoms with Crippen LogP contribution in [-0.2, 0) is 0 Å². The van der Waals surface area contributed by atoms with Crippen LogP contribution in [0.15, 0.2) is 22.7 Å². The van der Waals surface area contributed by atoms with Crippen LogP contribution >= 0.6 is 0 Å². The van der Waals surface area contributed by atoms with Crippen LogP contribution in [-0.4, -0.2) is 36.3 Å². The zero-order valence-electron chi connectivity index (χ0n) is 16.1. The second-order valence-electron chi connectivity index (χ2n) is 8.37. The van der Waals surface area contributed by atoms with Gasteiger partial charge in [0.1, 0.15) is 0 Å². The fraction of sp³-hybridized carbons (Fsp3) is 0.682. The third-order valence-corrected chi connectivity index (χ3v) is 6.31. The minimum atomic E-state index is 0.651. The number of aromatic nitrogens is 1. The molecule has 0 unspecified atom stereocenters. The normalized spacial score (nSPS) is 20.7. The topological polar surface area (TPSA) is 38.5 Å². The first-order valence-electron chi connectivity index (χ1n) is 10.5. The number of fused-ring (bicyclic) bond motifs is 1. The summed E-state index contributed by atoms with van der Waals surface area (Å²) in [5.41, 5.74) is 2.01. The van der Waals surface area contributed by atoms with Crippen LogP contribution in [0, 0.1) is 18.8 Å². The average molecular weight is 357 g/mol. The molecule has 0 amide bonds. The van der Waals surface area contributed by atoms with E-state index < -0.39 is 0 Å². The van der Waals surface area contributed by atoms with E-state index in [1.54, 1.807) is 0 Å². The van der Waals surface area contributed by atoms with Gasteiger partial charge in [0.2, 0.25) is 0 Å². The van der Waals surface area contributed by atoms with Crippen LogP contribution in [0.3, 0.4) is 0 Å². The maximum atomic E-state index is 5.95. The summed E-state index contributed by atoms with van der Waals surface area (Å²) in [6, 6.07) is 6.09. The van der Waals surface area contributed by atoms with Crippen molar-refractivity contribution < 1.29 is 9.26 Å². The fourth-order valence-corrected chi connectivity index (χ4v) is 4.65. The van der Waals surface area contributed by atoms with Crippen molar-refractivity contribution in [3.05, 3.63) is 23.8 Å². The number of hydrogen-bond donors (Lipinski definition) is 0. The number of ether oxygens (including phenoxy) is 1. The molecule has 1 aromatic heterocycles. The number of nitrogens with zero attached hydrogens (tertiary/aromatic N) is 2. The molecule has 142 valence electrons. The van der Waals surface area contributed by atoms with Crippen molar-refractivity contribution in [2.24, 2.45) is 11.8 Å². The summed E-state index contributed by atoms with van der Waals surface area (Å²) >= 11 is 0. The van der Waals surface area contributed by atoms with Crippen LogP contribution < -0.4 is 4.74 Å². The van der Waals surface area contributed by atoms with Gasteiger partial charge in [-0.3, -0.25) is 0 Å². The van der Waals surface area contributed by atoms with Crippen molar-refractivity contribution in [3.63, 3.8) is 0 Å². The molecular formula is C22H32N2O2. The molecule has 1 saturated carbocycles. The molecule has 4 heteroatoms. The summed E-state index contributed by atoms with van der Waals surface area (Å²) in [6.45, 7) is 6.70. The highest BCUT2D eigenvalue weighted by atomic mass is 16.5. The Labute approximate surface area is 156 Å². The minimum Gasteiger partial charge on any atom is -0.475 e. The SMILES string of the molecule is Cc1ccc2onc(OCCC3CCN(CC4CCCCC4)CC3)c2c1. The molecule has 2 aromatic rings. The van der Waals surface area contributed by atoms with Gasteiger partial charge in [0.25, 0.3) is 5.88 Å². The Hall–Kier alpha value is -1.55. The predicted molar refractivity (Wildman–Crippen MR) is 105 cm³/mol. The highest BCUT2D eigenvalue weighted by Gasteiger charge is 2.23. The van der Waals surface area contributed by atoms with Crippen molar-refractivity contribution in [1.82, 2.24) is 10.1 Å². The van der Waals surface area contributed by atoms with Crippen LogP contribution in [0.2, 0.25) is 0 Å². The molecule has 1 aliphatic carbocycles. The van der Waals surface area contributed by atoms with E-state index in [9.17, 15) is 0 Å². The number of aryl methyl sites for hydroxylation is 1. The van der Waals surface area contributed by atoms with E-state index in [4.69, 9.17) is 9.26 Å². The Morgan fingerprint density at radius 2 is 1.88 bits per heavy atom. The second-order valence-corrected chi connectivity index (χ2v) is 8.37.